The number of fused-ring (bicyclic) bond motifs is 1. The van der Waals surface area contributed by atoms with Gasteiger partial charge in [-0.25, -0.2) is 0 Å². The lowest BCUT2D eigenvalue weighted by molar-refractivity contribution is 0.187. The minimum absolute atomic E-state index is 0.645. The van der Waals surface area contributed by atoms with Gasteiger partial charge in [-0.1, -0.05) is 6.42 Å². The molecule has 3 rings (SSSR count). The molecule has 0 saturated carbocycles. The van der Waals surface area contributed by atoms with Crippen molar-refractivity contribution < 1.29 is 4.74 Å². The molecule has 0 unspecified atom stereocenters. The molecule has 0 spiro atoms. The number of aromatic nitrogens is 3. The monoisotopic (exact) mass is 309 g/mol. The first-order valence-corrected chi connectivity index (χ1v) is 8.28. The van der Waals surface area contributed by atoms with Crippen molar-refractivity contribution in [2.75, 3.05) is 13.7 Å². The molecule has 1 N–H and O–H groups in total. The van der Waals surface area contributed by atoms with Gasteiger partial charge in [-0.05, 0) is 49.5 Å². The van der Waals surface area contributed by atoms with Gasteiger partial charge in [0.15, 0.2) is 10.6 Å². The predicted octanol–water partition coefficient (Wildman–Crippen LogP) is 3.58. The van der Waals surface area contributed by atoms with Crippen LogP contribution in [0.3, 0.4) is 0 Å². The van der Waals surface area contributed by atoms with E-state index in [0.717, 1.165) is 12.4 Å². The van der Waals surface area contributed by atoms with E-state index in [0.29, 0.717) is 11.4 Å². The highest BCUT2D eigenvalue weighted by Crippen LogP contribution is 2.34. The molecule has 20 heavy (non-hydrogen) atoms. The molecular weight excluding hydrogens is 290 g/mol. The zero-order valence-corrected chi connectivity index (χ0v) is 13.3. The third-order valence-corrected chi connectivity index (χ3v) is 5.29. The van der Waals surface area contributed by atoms with Gasteiger partial charge >= 0.3 is 0 Å². The number of hydrogen-bond donors (Lipinski definition) is 1. The molecule has 2 heterocycles. The van der Waals surface area contributed by atoms with Crippen LogP contribution in [0.15, 0.2) is 6.07 Å². The number of hydrogen-bond acceptors (Lipinski definition) is 4. The summed E-state index contributed by atoms with van der Waals surface area (Å²) in [5, 5.41) is 7.31. The molecule has 2 aromatic heterocycles. The summed E-state index contributed by atoms with van der Waals surface area (Å²) in [6.07, 6.45) is 6.38. The molecule has 0 radical (unpaired) electrons. The largest absolute Gasteiger partial charge is 0.383 e. The van der Waals surface area contributed by atoms with Gasteiger partial charge in [-0.15, -0.1) is 11.3 Å². The Labute approximate surface area is 127 Å². The van der Waals surface area contributed by atoms with Crippen LogP contribution in [-0.4, -0.2) is 28.5 Å². The van der Waals surface area contributed by atoms with Crippen molar-refractivity contribution in [1.29, 1.82) is 0 Å². The van der Waals surface area contributed by atoms with Gasteiger partial charge in [-0.2, -0.15) is 5.10 Å². The van der Waals surface area contributed by atoms with E-state index in [1.165, 1.54) is 47.4 Å². The van der Waals surface area contributed by atoms with Gasteiger partial charge in [0.2, 0.25) is 0 Å². The van der Waals surface area contributed by atoms with E-state index >= 15 is 0 Å². The quantitative estimate of drug-likeness (QED) is 0.693. The summed E-state index contributed by atoms with van der Waals surface area (Å²) in [6.45, 7) is 1.38. The molecule has 4 nitrogen and oxygen atoms in total. The maximum absolute atomic E-state index is 5.31. The average molecular weight is 309 g/mol. The van der Waals surface area contributed by atoms with E-state index in [4.69, 9.17) is 17.0 Å². The highest BCUT2D eigenvalue weighted by Gasteiger charge is 2.16. The fourth-order valence-electron chi connectivity index (χ4n) is 2.67. The van der Waals surface area contributed by atoms with E-state index in [9.17, 15) is 0 Å². The van der Waals surface area contributed by atoms with Crippen LogP contribution in [0.1, 0.15) is 29.7 Å². The Bertz CT molecular complexity index is 618. The van der Waals surface area contributed by atoms with Crippen LogP contribution in [0, 0.1) is 4.77 Å². The van der Waals surface area contributed by atoms with Crippen LogP contribution in [0.25, 0.3) is 10.7 Å². The zero-order valence-electron chi connectivity index (χ0n) is 11.6. The van der Waals surface area contributed by atoms with Gasteiger partial charge in [0.05, 0.1) is 18.0 Å². The number of ether oxygens (including phenoxy) is 1. The standard InChI is InChI=1S/C14H19N3OS2/c1-18-8-7-17-13(15-16-14(17)19)12-9-10-5-3-2-4-6-11(10)20-12/h9H,2-8H2,1H3,(H,16,19). The van der Waals surface area contributed by atoms with Crippen molar-refractivity contribution in [3.8, 4) is 10.7 Å². The van der Waals surface area contributed by atoms with Gasteiger partial charge in [0, 0.05) is 12.0 Å². The van der Waals surface area contributed by atoms with Crippen molar-refractivity contribution in [1.82, 2.24) is 14.8 Å². The number of H-pyrrole nitrogens is 1. The van der Waals surface area contributed by atoms with E-state index in [1.807, 2.05) is 15.9 Å². The molecule has 1 aliphatic rings. The normalized spacial score (nSPS) is 15.1. The summed E-state index contributed by atoms with van der Waals surface area (Å²) >= 11 is 7.18. The number of nitrogens with zero attached hydrogens (tertiary/aromatic N) is 2. The average Bonchev–Trinajstić information content (AvgIpc) is 2.94. The Morgan fingerprint density at radius 3 is 3.10 bits per heavy atom. The Morgan fingerprint density at radius 1 is 1.40 bits per heavy atom. The molecule has 0 aliphatic heterocycles. The molecule has 0 aromatic carbocycles. The van der Waals surface area contributed by atoms with E-state index in [1.54, 1.807) is 7.11 Å². The Kier molecular flexibility index (Phi) is 4.33. The molecule has 1 aliphatic carbocycles. The van der Waals surface area contributed by atoms with Crippen molar-refractivity contribution in [3.05, 3.63) is 21.3 Å². The van der Waals surface area contributed by atoms with Crippen LogP contribution < -0.4 is 0 Å². The van der Waals surface area contributed by atoms with Crippen LogP contribution in [0.5, 0.6) is 0 Å². The number of nitrogens with one attached hydrogen (secondary N) is 1. The summed E-state index contributed by atoms with van der Waals surface area (Å²) in [5.74, 6) is 0.949. The van der Waals surface area contributed by atoms with Gasteiger partial charge in [0.25, 0.3) is 0 Å². The summed E-state index contributed by atoms with van der Waals surface area (Å²) in [4.78, 5) is 2.75. The van der Waals surface area contributed by atoms with E-state index in [-0.39, 0.29) is 0 Å². The third kappa shape index (κ3) is 2.73. The lowest BCUT2D eigenvalue weighted by atomic mass is 10.1. The minimum Gasteiger partial charge on any atom is -0.383 e. The first kappa shape index (κ1) is 14.0. The van der Waals surface area contributed by atoms with Gasteiger partial charge in [0.1, 0.15) is 0 Å². The molecule has 2 aromatic rings. The Balaban J connectivity index is 1.95. The number of methoxy groups -OCH3 is 1. The molecule has 108 valence electrons. The molecule has 0 saturated heterocycles. The topological polar surface area (TPSA) is 42.8 Å². The van der Waals surface area contributed by atoms with E-state index < -0.39 is 0 Å². The summed E-state index contributed by atoms with van der Waals surface area (Å²) in [7, 11) is 1.71. The smallest absolute Gasteiger partial charge is 0.195 e. The molecule has 0 fully saturated rings. The van der Waals surface area contributed by atoms with Gasteiger partial charge in [-0.3, -0.25) is 9.67 Å². The molecule has 0 atom stereocenters. The SMILES string of the molecule is COCCn1c(-c2cc3c(s2)CCCCC3)n[nH]c1=S. The van der Waals surface area contributed by atoms with Crippen LogP contribution in [0.2, 0.25) is 0 Å². The van der Waals surface area contributed by atoms with Crippen LogP contribution >= 0.6 is 23.6 Å². The third-order valence-electron chi connectivity index (χ3n) is 3.74. The van der Waals surface area contributed by atoms with Crippen molar-refractivity contribution in [2.24, 2.45) is 0 Å². The maximum atomic E-state index is 5.31. The fourth-order valence-corrected chi connectivity index (χ4v) is 4.15. The summed E-state index contributed by atoms with van der Waals surface area (Å²) < 4.78 is 7.85. The molecule has 6 heteroatoms. The van der Waals surface area contributed by atoms with Crippen LogP contribution in [0.4, 0.5) is 0 Å². The van der Waals surface area contributed by atoms with Crippen molar-refractivity contribution >= 4 is 23.6 Å². The molecular formula is C14H19N3OS2. The summed E-state index contributed by atoms with van der Waals surface area (Å²) in [6, 6.07) is 2.31. The molecule has 0 amide bonds. The Hall–Kier alpha value is -0.980. The number of aromatic amines is 1. The minimum atomic E-state index is 0.645. The van der Waals surface area contributed by atoms with Gasteiger partial charge < -0.3 is 4.74 Å². The first-order valence-electron chi connectivity index (χ1n) is 7.05. The van der Waals surface area contributed by atoms with Crippen LogP contribution in [-0.2, 0) is 24.1 Å². The van der Waals surface area contributed by atoms with Crippen molar-refractivity contribution in [2.45, 2.75) is 38.6 Å². The second-order valence-corrected chi connectivity index (χ2v) is 6.64. The number of aryl methyl sites for hydroxylation is 2. The maximum Gasteiger partial charge on any atom is 0.195 e. The zero-order chi connectivity index (χ0) is 13.9. The first-order chi connectivity index (χ1) is 9.79. The highest BCUT2D eigenvalue weighted by molar-refractivity contribution is 7.71. The highest BCUT2D eigenvalue weighted by atomic mass is 32.1. The Morgan fingerprint density at radius 2 is 2.25 bits per heavy atom. The lowest BCUT2D eigenvalue weighted by Gasteiger charge is -2.04. The summed E-state index contributed by atoms with van der Waals surface area (Å²) in [5.41, 5.74) is 1.51. The fraction of sp³-hybridized carbons (Fsp3) is 0.571. The van der Waals surface area contributed by atoms with E-state index in [2.05, 4.69) is 16.3 Å². The number of rotatable bonds is 4. The second-order valence-electron chi connectivity index (χ2n) is 5.12. The molecule has 0 bridgehead atoms. The van der Waals surface area contributed by atoms with Crippen molar-refractivity contribution in [3.63, 3.8) is 0 Å². The lowest BCUT2D eigenvalue weighted by Crippen LogP contribution is -2.05. The second kappa shape index (κ2) is 6.20. The number of thiophene rings is 1. The predicted molar refractivity (Wildman–Crippen MR) is 83.9 cm³/mol.